The summed E-state index contributed by atoms with van der Waals surface area (Å²) in [6, 6.07) is -0.0212. The Hall–Kier alpha value is -0.610. The van der Waals surface area contributed by atoms with E-state index in [0.29, 0.717) is 25.4 Å². The highest BCUT2D eigenvalue weighted by molar-refractivity contribution is 5.78. The Morgan fingerprint density at radius 3 is 2.69 bits per heavy atom. The zero-order valence-electron chi connectivity index (χ0n) is 9.98. The van der Waals surface area contributed by atoms with Crippen LogP contribution >= 0.6 is 0 Å². The van der Waals surface area contributed by atoms with E-state index in [9.17, 15) is 9.90 Å². The molecular weight excluding hydrogens is 204 g/mol. The molecule has 1 unspecified atom stereocenters. The molecule has 1 heterocycles. The largest absolute Gasteiger partial charge is 0.386 e. The van der Waals surface area contributed by atoms with E-state index in [-0.39, 0.29) is 11.9 Å². The number of carbonyl (C=O) groups is 1. The molecule has 2 fully saturated rings. The van der Waals surface area contributed by atoms with Crippen molar-refractivity contribution in [2.24, 2.45) is 11.7 Å². The van der Waals surface area contributed by atoms with Crippen molar-refractivity contribution < 1.29 is 9.90 Å². The summed E-state index contributed by atoms with van der Waals surface area (Å²) in [6.45, 7) is 3.12. The molecule has 92 valence electrons. The Balaban J connectivity index is 1.72. The molecule has 16 heavy (non-hydrogen) atoms. The van der Waals surface area contributed by atoms with Crippen LogP contribution in [0.4, 0.5) is 0 Å². The van der Waals surface area contributed by atoms with Crippen molar-refractivity contribution in [3.63, 3.8) is 0 Å². The van der Waals surface area contributed by atoms with Crippen LogP contribution in [0.1, 0.15) is 39.0 Å². The van der Waals surface area contributed by atoms with Gasteiger partial charge in [0.1, 0.15) is 5.60 Å². The molecule has 1 aliphatic carbocycles. The minimum Gasteiger partial charge on any atom is -0.386 e. The zero-order valence-corrected chi connectivity index (χ0v) is 9.98. The van der Waals surface area contributed by atoms with Crippen LogP contribution in [0.15, 0.2) is 0 Å². The van der Waals surface area contributed by atoms with Crippen molar-refractivity contribution >= 4 is 5.91 Å². The standard InChI is InChI=1S/C12H22N2O2/c1-2-3-10(13)6-11(15)14-7-12(16,8-14)9-4-5-9/h9-10,16H,2-8,13H2,1H3. The third-order valence-corrected chi connectivity index (χ3v) is 3.72. The molecule has 4 nitrogen and oxygen atoms in total. The number of β-amino-alcohol motifs (C(OH)–C–C–N with tert-alkyl or cyclic N) is 1. The molecule has 2 aliphatic rings. The maximum atomic E-state index is 11.8. The molecular formula is C12H22N2O2. The number of hydrogen-bond acceptors (Lipinski definition) is 3. The first kappa shape index (κ1) is 11.9. The fourth-order valence-electron chi connectivity index (χ4n) is 2.50. The Morgan fingerprint density at radius 1 is 1.56 bits per heavy atom. The van der Waals surface area contributed by atoms with Gasteiger partial charge in [-0.3, -0.25) is 4.79 Å². The van der Waals surface area contributed by atoms with Crippen LogP contribution in [0, 0.1) is 5.92 Å². The van der Waals surface area contributed by atoms with E-state index >= 15 is 0 Å². The summed E-state index contributed by atoms with van der Waals surface area (Å²) in [5.74, 6) is 0.548. The third kappa shape index (κ3) is 2.38. The SMILES string of the molecule is CCCC(N)CC(=O)N1CC(O)(C2CC2)C1. The fraction of sp³-hybridized carbons (Fsp3) is 0.917. The lowest BCUT2D eigenvalue weighted by Gasteiger charge is -2.47. The van der Waals surface area contributed by atoms with Crippen molar-refractivity contribution in [3.8, 4) is 0 Å². The number of nitrogens with two attached hydrogens (primary N) is 1. The van der Waals surface area contributed by atoms with Gasteiger partial charge in [-0.15, -0.1) is 0 Å². The zero-order chi connectivity index (χ0) is 11.8. The normalized spacial score (nSPS) is 25.1. The number of carbonyl (C=O) groups excluding carboxylic acids is 1. The third-order valence-electron chi connectivity index (χ3n) is 3.72. The average molecular weight is 226 g/mol. The predicted molar refractivity (Wildman–Crippen MR) is 61.8 cm³/mol. The first-order valence-corrected chi connectivity index (χ1v) is 6.31. The summed E-state index contributed by atoms with van der Waals surface area (Å²) in [6.07, 6.45) is 4.57. The highest BCUT2D eigenvalue weighted by Crippen LogP contribution is 2.44. The highest BCUT2D eigenvalue weighted by Gasteiger charge is 2.53. The van der Waals surface area contributed by atoms with Crippen LogP contribution in [0.5, 0.6) is 0 Å². The second-order valence-corrected chi connectivity index (χ2v) is 5.38. The minimum absolute atomic E-state index is 0.0212. The second kappa shape index (κ2) is 4.34. The summed E-state index contributed by atoms with van der Waals surface area (Å²) in [7, 11) is 0. The summed E-state index contributed by atoms with van der Waals surface area (Å²) < 4.78 is 0. The minimum atomic E-state index is -0.565. The number of hydrogen-bond donors (Lipinski definition) is 2. The van der Waals surface area contributed by atoms with Crippen LogP contribution in [0.3, 0.4) is 0 Å². The maximum absolute atomic E-state index is 11.8. The van der Waals surface area contributed by atoms with Crippen LogP contribution in [0.25, 0.3) is 0 Å². The van der Waals surface area contributed by atoms with Crippen molar-refractivity contribution in [1.82, 2.24) is 4.90 Å². The molecule has 1 saturated carbocycles. The van der Waals surface area contributed by atoms with Crippen molar-refractivity contribution in [2.45, 2.75) is 50.7 Å². The molecule has 0 aromatic carbocycles. The van der Waals surface area contributed by atoms with Crippen molar-refractivity contribution in [1.29, 1.82) is 0 Å². The quantitative estimate of drug-likeness (QED) is 0.717. The molecule has 3 N–H and O–H groups in total. The van der Waals surface area contributed by atoms with Gasteiger partial charge in [-0.25, -0.2) is 0 Å². The van der Waals surface area contributed by atoms with Crippen LogP contribution < -0.4 is 5.73 Å². The van der Waals surface area contributed by atoms with E-state index < -0.39 is 5.60 Å². The number of likely N-dealkylation sites (tertiary alicyclic amines) is 1. The molecule has 2 rings (SSSR count). The molecule has 0 radical (unpaired) electrons. The van der Waals surface area contributed by atoms with Gasteiger partial charge in [-0.05, 0) is 25.2 Å². The van der Waals surface area contributed by atoms with Crippen LogP contribution in [-0.4, -0.2) is 40.6 Å². The van der Waals surface area contributed by atoms with Gasteiger partial charge in [-0.1, -0.05) is 13.3 Å². The summed E-state index contributed by atoms with van der Waals surface area (Å²) in [5, 5.41) is 10.1. The second-order valence-electron chi connectivity index (χ2n) is 5.38. The molecule has 0 bridgehead atoms. The Kier molecular flexibility index (Phi) is 3.22. The molecule has 1 amide bonds. The number of nitrogens with zero attached hydrogens (tertiary/aromatic N) is 1. The summed E-state index contributed by atoms with van der Waals surface area (Å²) in [5.41, 5.74) is 5.27. The molecule has 1 saturated heterocycles. The number of amides is 1. The monoisotopic (exact) mass is 226 g/mol. The Bertz CT molecular complexity index is 270. The van der Waals surface area contributed by atoms with Gasteiger partial charge >= 0.3 is 0 Å². The fourth-order valence-corrected chi connectivity index (χ4v) is 2.50. The van der Waals surface area contributed by atoms with Gasteiger partial charge in [0.2, 0.25) is 5.91 Å². The lowest BCUT2D eigenvalue weighted by atomic mass is 9.88. The van der Waals surface area contributed by atoms with Crippen molar-refractivity contribution in [2.75, 3.05) is 13.1 Å². The van der Waals surface area contributed by atoms with E-state index in [0.717, 1.165) is 25.7 Å². The molecule has 4 heteroatoms. The molecule has 1 atom stereocenters. The first-order valence-electron chi connectivity index (χ1n) is 6.31. The van der Waals surface area contributed by atoms with Crippen molar-refractivity contribution in [3.05, 3.63) is 0 Å². The van der Waals surface area contributed by atoms with E-state index in [4.69, 9.17) is 5.73 Å². The average Bonchev–Trinajstić information content (AvgIpc) is 2.96. The number of aliphatic hydroxyl groups is 1. The predicted octanol–water partition coefficient (Wildman–Crippen LogP) is 0.487. The highest BCUT2D eigenvalue weighted by atomic mass is 16.3. The first-order chi connectivity index (χ1) is 7.55. The maximum Gasteiger partial charge on any atom is 0.224 e. The van der Waals surface area contributed by atoms with E-state index in [2.05, 4.69) is 6.92 Å². The molecule has 1 aliphatic heterocycles. The lowest BCUT2D eigenvalue weighted by Crippen LogP contribution is -2.65. The van der Waals surface area contributed by atoms with Gasteiger partial charge in [-0.2, -0.15) is 0 Å². The van der Waals surface area contributed by atoms with E-state index in [1.54, 1.807) is 4.90 Å². The van der Waals surface area contributed by atoms with Gasteiger partial charge in [0, 0.05) is 12.5 Å². The Morgan fingerprint density at radius 2 is 2.19 bits per heavy atom. The Labute approximate surface area is 96.8 Å². The smallest absolute Gasteiger partial charge is 0.224 e. The van der Waals surface area contributed by atoms with Gasteiger partial charge in [0.15, 0.2) is 0 Å². The molecule has 0 aromatic rings. The summed E-state index contributed by atoms with van der Waals surface area (Å²) in [4.78, 5) is 13.5. The van der Waals surface area contributed by atoms with Gasteiger partial charge in [0.05, 0.1) is 13.1 Å². The lowest BCUT2D eigenvalue weighted by molar-refractivity contribution is -0.159. The molecule has 0 spiro atoms. The van der Waals surface area contributed by atoms with E-state index in [1.165, 1.54) is 0 Å². The number of rotatable bonds is 5. The van der Waals surface area contributed by atoms with Gasteiger partial charge in [0.25, 0.3) is 0 Å². The van der Waals surface area contributed by atoms with Crippen LogP contribution in [-0.2, 0) is 4.79 Å². The van der Waals surface area contributed by atoms with Gasteiger partial charge < -0.3 is 15.7 Å². The van der Waals surface area contributed by atoms with E-state index in [1.807, 2.05) is 0 Å². The summed E-state index contributed by atoms with van der Waals surface area (Å²) >= 11 is 0. The van der Waals surface area contributed by atoms with Crippen LogP contribution in [0.2, 0.25) is 0 Å². The molecule has 0 aromatic heterocycles. The topological polar surface area (TPSA) is 66.6 Å².